The number of nitrogens with zero attached hydrogens (tertiary/aromatic N) is 5. The number of aromatic nitrogens is 4. The van der Waals surface area contributed by atoms with Gasteiger partial charge in [0.25, 0.3) is 5.89 Å². The minimum Gasteiger partial charge on any atom is -0.413 e. The zero-order chi connectivity index (χ0) is 19.7. The largest absolute Gasteiger partial charge is 0.470 e. The molecule has 0 unspecified atom stereocenters. The second-order valence-corrected chi connectivity index (χ2v) is 7.31. The van der Waals surface area contributed by atoms with Crippen molar-refractivity contribution < 1.29 is 26.0 Å². The van der Waals surface area contributed by atoms with Gasteiger partial charge >= 0.3 is 12.1 Å². The standard InChI is InChI=1S/C15H12F3N5O3S/c1-27(24,25)23(11-5-3-2-4-6-11)9-12-19-7-10(8-20-12)13-21-22-14(26-13)15(16,17)18/h2-8H,9H2,1H3. The molecule has 0 aliphatic heterocycles. The first kappa shape index (κ1) is 18.8. The molecule has 3 aromatic rings. The van der Waals surface area contributed by atoms with Crippen LogP contribution in [-0.4, -0.2) is 34.8 Å². The van der Waals surface area contributed by atoms with E-state index in [1.54, 1.807) is 30.3 Å². The maximum absolute atomic E-state index is 12.5. The first-order chi connectivity index (χ1) is 12.6. The van der Waals surface area contributed by atoms with Crippen molar-refractivity contribution in [2.75, 3.05) is 10.6 Å². The molecule has 0 N–H and O–H groups in total. The molecule has 0 aliphatic carbocycles. The topological polar surface area (TPSA) is 102 Å². The van der Waals surface area contributed by atoms with Gasteiger partial charge in [0.2, 0.25) is 10.0 Å². The third kappa shape index (κ3) is 4.39. The van der Waals surface area contributed by atoms with Crippen molar-refractivity contribution in [2.24, 2.45) is 0 Å². The fourth-order valence-corrected chi connectivity index (χ4v) is 2.98. The Morgan fingerprint density at radius 2 is 1.70 bits per heavy atom. The summed E-state index contributed by atoms with van der Waals surface area (Å²) in [7, 11) is -3.60. The van der Waals surface area contributed by atoms with E-state index in [1.165, 1.54) is 12.4 Å². The Hall–Kier alpha value is -3.02. The van der Waals surface area contributed by atoms with Crippen molar-refractivity contribution in [1.82, 2.24) is 20.2 Å². The molecule has 0 bridgehead atoms. The maximum atomic E-state index is 12.5. The van der Waals surface area contributed by atoms with E-state index in [0.29, 0.717) is 5.69 Å². The lowest BCUT2D eigenvalue weighted by Gasteiger charge is -2.21. The van der Waals surface area contributed by atoms with Gasteiger partial charge in [0.05, 0.1) is 24.1 Å². The highest BCUT2D eigenvalue weighted by Gasteiger charge is 2.38. The zero-order valence-electron chi connectivity index (χ0n) is 13.8. The number of anilines is 1. The monoisotopic (exact) mass is 399 g/mol. The van der Waals surface area contributed by atoms with Crippen LogP contribution in [0.3, 0.4) is 0 Å². The van der Waals surface area contributed by atoms with Crippen LogP contribution in [0.5, 0.6) is 0 Å². The van der Waals surface area contributed by atoms with Gasteiger partial charge in [-0.3, -0.25) is 4.31 Å². The van der Waals surface area contributed by atoms with Crippen LogP contribution in [0, 0.1) is 0 Å². The second kappa shape index (κ2) is 6.95. The molecular formula is C15H12F3N5O3S. The number of rotatable bonds is 5. The van der Waals surface area contributed by atoms with Gasteiger partial charge in [-0.2, -0.15) is 13.2 Å². The number of sulfonamides is 1. The van der Waals surface area contributed by atoms with E-state index in [4.69, 9.17) is 0 Å². The van der Waals surface area contributed by atoms with Gasteiger partial charge in [0.1, 0.15) is 5.82 Å². The van der Waals surface area contributed by atoms with Gasteiger partial charge in [-0.05, 0) is 12.1 Å². The predicted molar refractivity (Wildman–Crippen MR) is 87.8 cm³/mol. The molecular weight excluding hydrogens is 387 g/mol. The van der Waals surface area contributed by atoms with Gasteiger partial charge in [0.15, 0.2) is 0 Å². The van der Waals surface area contributed by atoms with Crippen molar-refractivity contribution in [3.63, 3.8) is 0 Å². The van der Waals surface area contributed by atoms with Gasteiger partial charge < -0.3 is 4.42 Å². The number of alkyl halides is 3. The third-order valence-corrected chi connectivity index (χ3v) is 4.49. The molecule has 12 heteroatoms. The Balaban J connectivity index is 1.83. The molecule has 0 saturated heterocycles. The second-order valence-electron chi connectivity index (χ2n) is 5.40. The van der Waals surface area contributed by atoms with Crippen molar-refractivity contribution in [3.8, 4) is 11.5 Å². The quantitative estimate of drug-likeness (QED) is 0.650. The summed E-state index contributed by atoms with van der Waals surface area (Å²) >= 11 is 0. The highest BCUT2D eigenvalue weighted by Crippen LogP contribution is 2.30. The zero-order valence-corrected chi connectivity index (χ0v) is 14.6. The van der Waals surface area contributed by atoms with Crippen molar-refractivity contribution in [1.29, 1.82) is 0 Å². The van der Waals surface area contributed by atoms with Gasteiger partial charge in [-0.1, -0.05) is 18.2 Å². The van der Waals surface area contributed by atoms with Crippen LogP contribution in [0.15, 0.2) is 47.1 Å². The molecule has 2 heterocycles. The summed E-state index contributed by atoms with van der Waals surface area (Å²) in [6, 6.07) is 8.35. The van der Waals surface area contributed by atoms with Crippen molar-refractivity contribution in [2.45, 2.75) is 12.7 Å². The van der Waals surface area contributed by atoms with E-state index < -0.39 is 28.0 Å². The molecule has 0 aliphatic rings. The molecule has 3 rings (SSSR count). The van der Waals surface area contributed by atoms with Crippen molar-refractivity contribution in [3.05, 3.63) is 54.4 Å². The fourth-order valence-electron chi connectivity index (χ4n) is 2.12. The highest BCUT2D eigenvalue weighted by molar-refractivity contribution is 7.92. The molecule has 0 atom stereocenters. The van der Waals surface area contributed by atoms with E-state index in [0.717, 1.165) is 10.6 Å². The van der Waals surface area contributed by atoms with Gasteiger partial charge in [-0.15, -0.1) is 10.2 Å². The van der Waals surface area contributed by atoms with E-state index >= 15 is 0 Å². The van der Waals surface area contributed by atoms with Gasteiger partial charge in [-0.25, -0.2) is 18.4 Å². The molecule has 142 valence electrons. The van der Waals surface area contributed by atoms with Crippen LogP contribution in [0.2, 0.25) is 0 Å². The van der Waals surface area contributed by atoms with Crippen LogP contribution in [0.4, 0.5) is 18.9 Å². The smallest absolute Gasteiger partial charge is 0.413 e. The molecule has 0 saturated carbocycles. The van der Waals surface area contributed by atoms with E-state index in [1.807, 2.05) is 0 Å². The molecule has 27 heavy (non-hydrogen) atoms. The van der Waals surface area contributed by atoms with Gasteiger partial charge in [0, 0.05) is 12.4 Å². The Morgan fingerprint density at radius 3 is 2.22 bits per heavy atom. The lowest BCUT2D eigenvalue weighted by molar-refractivity contribution is -0.156. The number of hydrogen-bond donors (Lipinski definition) is 0. The number of benzene rings is 1. The van der Waals surface area contributed by atoms with E-state index in [-0.39, 0.29) is 17.9 Å². The lowest BCUT2D eigenvalue weighted by Crippen LogP contribution is -2.30. The van der Waals surface area contributed by atoms with Crippen LogP contribution < -0.4 is 4.31 Å². The number of halogens is 3. The van der Waals surface area contributed by atoms with Crippen LogP contribution in [0.25, 0.3) is 11.5 Å². The molecule has 8 nitrogen and oxygen atoms in total. The Bertz CT molecular complexity index is 1020. The first-order valence-electron chi connectivity index (χ1n) is 7.39. The predicted octanol–water partition coefficient (Wildman–Crippen LogP) is 2.51. The SMILES string of the molecule is CS(=O)(=O)N(Cc1ncc(-c2nnc(C(F)(F)F)o2)cn1)c1ccccc1. The Kier molecular flexibility index (Phi) is 4.83. The minimum absolute atomic E-state index is 0.0763. The highest BCUT2D eigenvalue weighted by atomic mass is 32.2. The Morgan fingerprint density at radius 1 is 1.07 bits per heavy atom. The normalized spacial score (nSPS) is 12.1. The molecule has 0 radical (unpaired) electrons. The lowest BCUT2D eigenvalue weighted by atomic mass is 10.3. The summed E-state index contributed by atoms with van der Waals surface area (Å²) in [5, 5.41) is 6.23. The fraction of sp³-hybridized carbons (Fsp3) is 0.200. The van der Waals surface area contributed by atoms with E-state index in [9.17, 15) is 21.6 Å². The number of para-hydroxylation sites is 1. The van der Waals surface area contributed by atoms with Crippen molar-refractivity contribution >= 4 is 15.7 Å². The average Bonchev–Trinajstić information content (AvgIpc) is 3.10. The molecule has 1 aromatic carbocycles. The molecule has 2 aromatic heterocycles. The summed E-state index contributed by atoms with van der Waals surface area (Å²) in [5.41, 5.74) is 0.506. The average molecular weight is 399 g/mol. The summed E-state index contributed by atoms with van der Waals surface area (Å²) in [4.78, 5) is 7.96. The summed E-state index contributed by atoms with van der Waals surface area (Å²) in [6.07, 6.45) is -1.34. The summed E-state index contributed by atoms with van der Waals surface area (Å²) < 4.78 is 67.3. The summed E-state index contributed by atoms with van der Waals surface area (Å²) in [5.74, 6) is -1.73. The van der Waals surface area contributed by atoms with E-state index in [2.05, 4.69) is 24.6 Å². The minimum atomic E-state index is -4.75. The first-order valence-corrected chi connectivity index (χ1v) is 9.24. The summed E-state index contributed by atoms with van der Waals surface area (Å²) in [6.45, 7) is -0.152. The van der Waals surface area contributed by atoms with Crippen LogP contribution in [-0.2, 0) is 22.7 Å². The Labute approximate surface area is 151 Å². The third-order valence-electron chi connectivity index (χ3n) is 3.35. The molecule has 0 spiro atoms. The number of hydrogen-bond acceptors (Lipinski definition) is 7. The maximum Gasteiger partial charge on any atom is 0.470 e. The molecule has 0 amide bonds. The molecule has 0 fully saturated rings. The van der Waals surface area contributed by atoms with Crippen LogP contribution >= 0.6 is 0 Å². The van der Waals surface area contributed by atoms with Crippen LogP contribution in [0.1, 0.15) is 11.7 Å².